The Labute approximate surface area is 95.1 Å². The number of nitrogens with two attached hydrogens (primary N) is 1. The van der Waals surface area contributed by atoms with Gasteiger partial charge < -0.3 is 10.3 Å². The van der Waals surface area contributed by atoms with Crippen molar-refractivity contribution in [1.82, 2.24) is 10.1 Å². The van der Waals surface area contributed by atoms with Gasteiger partial charge >= 0.3 is 0 Å². The highest BCUT2D eigenvalue weighted by atomic mass is 32.2. The lowest BCUT2D eigenvalue weighted by atomic mass is 10.2. The molecule has 1 rings (SSSR count). The highest BCUT2D eigenvalue weighted by molar-refractivity contribution is 7.89. The minimum atomic E-state index is -3.09. The van der Waals surface area contributed by atoms with Gasteiger partial charge in [0.2, 0.25) is 5.89 Å². The van der Waals surface area contributed by atoms with Crippen LogP contribution < -0.4 is 5.73 Å². The van der Waals surface area contributed by atoms with Crippen LogP contribution in [0.25, 0.3) is 0 Å². The summed E-state index contributed by atoms with van der Waals surface area (Å²) in [6.07, 6.45) is 4.74. The molecule has 1 aromatic heterocycles. The molecule has 0 saturated heterocycles. The first-order valence-corrected chi connectivity index (χ1v) is 7.26. The first-order valence-electron chi connectivity index (χ1n) is 5.20. The third-order valence-corrected chi connectivity index (χ3v) is 2.78. The Morgan fingerprint density at radius 1 is 1.31 bits per heavy atom. The van der Waals surface area contributed by atoms with Gasteiger partial charge in [0, 0.05) is 12.7 Å². The van der Waals surface area contributed by atoms with Crippen molar-refractivity contribution in [1.29, 1.82) is 0 Å². The Kier molecular flexibility index (Phi) is 4.88. The predicted octanol–water partition coefficient (Wildman–Crippen LogP) is 0.286. The molecule has 16 heavy (non-hydrogen) atoms. The molecule has 92 valence electrons. The standard InChI is InChI=1S/C9H17N3O3S/c1-16(13,14)7-8-11-9(15-12-8)5-3-2-4-6-10/h2-7,10H2,1H3. The van der Waals surface area contributed by atoms with Crippen LogP contribution in [0, 0.1) is 0 Å². The summed E-state index contributed by atoms with van der Waals surface area (Å²) in [5.74, 6) is 0.561. The third-order valence-electron chi connectivity index (χ3n) is 2.00. The van der Waals surface area contributed by atoms with E-state index < -0.39 is 9.84 Å². The molecule has 0 amide bonds. The molecule has 0 unspecified atom stereocenters. The number of hydrogen-bond acceptors (Lipinski definition) is 6. The van der Waals surface area contributed by atoms with Crippen molar-refractivity contribution < 1.29 is 12.9 Å². The molecule has 0 aliphatic rings. The minimum absolute atomic E-state index is 0.167. The molecule has 2 N–H and O–H groups in total. The van der Waals surface area contributed by atoms with Gasteiger partial charge in [-0.3, -0.25) is 0 Å². The molecule has 0 fully saturated rings. The molecule has 1 heterocycles. The SMILES string of the molecule is CS(=O)(=O)Cc1noc(CCCCCN)n1. The molecule has 0 bridgehead atoms. The van der Waals surface area contributed by atoms with Crippen molar-refractivity contribution in [3.63, 3.8) is 0 Å². The highest BCUT2D eigenvalue weighted by Gasteiger charge is 2.11. The van der Waals surface area contributed by atoms with Gasteiger partial charge in [-0.15, -0.1) is 0 Å². The predicted molar refractivity (Wildman–Crippen MR) is 59.5 cm³/mol. The van der Waals surface area contributed by atoms with Crippen LogP contribution in [-0.2, 0) is 22.0 Å². The van der Waals surface area contributed by atoms with Crippen molar-refractivity contribution in [3.05, 3.63) is 11.7 Å². The van der Waals surface area contributed by atoms with E-state index in [0.717, 1.165) is 25.5 Å². The van der Waals surface area contributed by atoms with Gasteiger partial charge in [-0.25, -0.2) is 8.42 Å². The fraction of sp³-hybridized carbons (Fsp3) is 0.778. The van der Waals surface area contributed by atoms with Crippen molar-refractivity contribution in [2.75, 3.05) is 12.8 Å². The van der Waals surface area contributed by atoms with E-state index in [9.17, 15) is 8.42 Å². The first kappa shape index (κ1) is 13.1. The maximum absolute atomic E-state index is 11.0. The lowest BCUT2D eigenvalue weighted by molar-refractivity contribution is 0.370. The van der Waals surface area contributed by atoms with Crippen molar-refractivity contribution in [3.8, 4) is 0 Å². The molecule has 0 saturated carbocycles. The second-order valence-corrected chi connectivity index (χ2v) is 5.91. The van der Waals surface area contributed by atoms with Gasteiger partial charge in [0.15, 0.2) is 15.7 Å². The summed E-state index contributed by atoms with van der Waals surface area (Å²) in [6.45, 7) is 0.684. The Morgan fingerprint density at radius 3 is 2.69 bits per heavy atom. The Morgan fingerprint density at radius 2 is 2.06 bits per heavy atom. The van der Waals surface area contributed by atoms with Gasteiger partial charge in [-0.2, -0.15) is 4.98 Å². The van der Waals surface area contributed by atoms with Crippen LogP contribution in [0.5, 0.6) is 0 Å². The zero-order valence-electron chi connectivity index (χ0n) is 9.35. The number of hydrogen-bond donors (Lipinski definition) is 1. The summed E-state index contributed by atoms with van der Waals surface area (Å²) in [7, 11) is -3.09. The Hall–Kier alpha value is -0.950. The number of aromatic nitrogens is 2. The molecule has 7 heteroatoms. The summed E-state index contributed by atoms with van der Waals surface area (Å²) >= 11 is 0. The second-order valence-electron chi connectivity index (χ2n) is 3.77. The normalized spacial score (nSPS) is 11.9. The molecule has 0 radical (unpaired) electrons. The van der Waals surface area contributed by atoms with E-state index >= 15 is 0 Å². The first-order chi connectivity index (χ1) is 7.51. The summed E-state index contributed by atoms with van der Waals surface area (Å²) in [4.78, 5) is 4.01. The molecular formula is C9H17N3O3S. The van der Waals surface area contributed by atoms with E-state index in [4.69, 9.17) is 10.3 Å². The lowest BCUT2D eigenvalue weighted by Crippen LogP contribution is -2.02. The molecule has 0 aromatic carbocycles. The summed E-state index contributed by atoms with van der Waals surface area (Å²) < 4.78 is 26.9. The lowest BCUT2D eigenvalue weighted by Gasteiger charge is -1.94. The van der Waals surface area contributed by atoms with Gasteiger partial charge in [0.25, 0.3) is 0 Å². The average Bonchev–Trinajstić information content (AvgIpc) is 2.58. The quantitative estimate of drug-likeness (QED) is 0.695. The van der Waals surface area contributed by atoms with Crippen LogP contribution >= 0.6 is 0 Å². The number of rotatable bonds is 7. The number of sulfone groups is 1. The molecule has 0 aliphatic heterocycles. The number of aryl methyl sites for hydroxylation is 1. The van der Waals surface area contributed by atoms with E-state index in [-0.39, 0.29) is 11.6 Å². The van der Waals surface area contributed by atoms with E-state index in [2.05, 4.69) is 10.1 Å². The maximum Gasteiger partial charge on any atom is 0.226 e. The topological polar surface area (TPSA) is 99.1 Å². The highest BCUT2D eigenvalue weighted by Crippen LogP contribution is 2.06. The number of unbranched alkanes of at least 4 members (excludes halogenated alkanes) is 2. The summed E-state index contributed by atoms with van der Waals surface area (Å²) in [6, 6.07) is 0. The monoisotopic (exact) mass is 247 g/mol. The molecule has 0 atom stereocenters. The largest absolute Gasteiger partial charge is 0.339 e. The van der Waals surface area contributed by atoms with E-state index in [0.29, 0.717) is 18.9 Å². The minimum Gasteiger partial charge on any atom is -0.339 e. The smallest absolute Gasteiger partial charge is 0.226 e. The third kappa shape index (κ3) is 5.22. The molecule has 0 spiro atoms. The fourth-order valence-electron chi connectivity index (χ4n) is 1.28. The zero-order chi connectivity index (χ0) is 12.0. The van der Waals surface area contributed by atoms with Crippen LogP contribution in [0.3, 0.4) is 0 Å². The van der Waals surface area contributed by atoms with Crippen LogP contribution in [0.1, 0.15) is 31.0 Å². The van der Waals surface area contributed by atoms with Crippen LogP contribution in [-0.4, -0.2) is 31.4 Å². The summed E-state index contributed by atoms with van der Waals surface area (Å²) in [5.41, 5.74) is 5.36. The van der Waals surface area contributed by atoms with E-state index in [1.165, 1.54) is 0 Å². The number of nitrogens with zero attached hydrogens (tertiary/aromatic N) is 2. The van der Waals surface area contributed by atoms with Gasteiger partial charge in [-0.1, -0.05) is 11.6 Å². The van der Waals surface area contributed by atoms with Gasteiger partial charge in [0.1, 0.15) is 5.75 Å². The second kappa shape index (κ2) is 5.95. The van der Waals surface area contributed by atoms with Crippen LogP contribution in [0.4, 0.5) is 0 Å². The Bertz CT molecular complexity index is 413. The maximum atomic E-state index is 11.0. The van der Waals surface area contributed by atoms with Crippen LogP contribution in [0.2, 0.25) is 0 Å². The molecular weight excluding hydrogens is 230 g/mol. The van der Waals surface area contributed by atoms with Crippen molar-refractivity contribution >= 4 is 9.84 Å². The molecule has 0 aliphatic carbocycles. The Balaban J connectivity index is 2.40. The summed E-state index contributed by atoms with van der Waals surface area (Å²) in [5, 5.41) is 3.61. The van der Waals surface area contributed by atoms with Crippen molar-refractivity contribution in [2.24, 2.45) is 5.73 Å². The average molecular weight is 247 g/mol. The zero-order valence-corrected chi connectivity index (χ0v) is 10.2. The molecule has 1 aromatic rings. The van der Waals surface area contributed by atoms with E-state index in [1.54, 1.807) is 0 Å². The van der Waals surface area contributed by atoms with Gasteiger partial charge in [0.05, 0.1) is 0 Å². The van der Waals surface area contributed by atoms with E-state index in [1.807, 2.05) is 0 Å². The molecule has 6 nitrogen and oxygen atoms in total. The van der Waals surface area contributed by atoms with Crippen molar-refractivity contribution in [2.45, 2.75) is 31.4 Å². The fourth-order valence-corrected chi connectivity index (χ4v) is 1.87. The van der Waals surface area contributed by atoms with Gasteiger partial charge in [-0.05, 0) is 19.4 Å². The van der Waals surface area contributed by atoms with Crippen LogP contribution in [0.15, 0.2) is 4.52 Å².